The first-order chi connectivity index (χ1) is 8.35. The summed E-state index contributed by atoms with van der Waals surface area (Å²) in [7, 11) is 0. The molecule has 1 rings (SSSR count). The summed E-state index contributed by atoms with van der Waals surface area (Å²) in [6.45, 7) is 7.58. The molecule has 4 heteroatoms. The van der Waals surface area contributed by atoms with Crippen molar-refractivity contribution in [1.29, 1.82) is 0 Å². The molecule has 0 fully saturated rings. The van der Waals surface area contributed by atoms with Gasteiger partial charge in [0.05, 0.1) is 0 Å². The largest absolute Gasteiger partial charge is 0.504 e. The highest BCUT2D eigenvalue weighted by Gasteiger charge is 2.23. The summed E-state index contributed by atoms with van der Waals surface area (Å²) in [5.74, 6) is 0.159. The quantitative estimate of drug-likeness (QED) is 0.845. The summed E-state index contributed by atoms with van der Waals surface area (Å²) in [5, 5.41) is 12.5. The van der Waals surface area contributed by atoms with Crippen molar-refractivity contribution >= 4 is 5.91 Å². The van der Waals surface area contributed by atoms with E-state index in [2.05, 4.69) is 5.32 Å². The first-order valence-corrected chi connectivity index (χ1v) is 6.12. The monoisotopic (exact) mass is 251 g/mol. The molecule has 2 N–H and O–H groups in total. The number of hydrogen-bond acceptors (Lipinski definition) is 3. The lowest BCUT2D eigenvalue weighted by Crippen LogP contribution is -2.48. The normalized spacial score (nSPS) is 12.9. The highest BCUT2D eigenvalue weighted by molar-refractivity contribution is 5.81. The molecule has 0 bridgehead atoms. The van der Waals surface area contributed by atoms with Crippen molar-refractivity contribution in [3.8, 4) is 11.5 Å². The number of amides is 1. The zero-order valence-corrected chi connectivity index (χ0v) is 11.4. The van der Waals surface area contributed by atoms with Crippen LogP contribution in [-0.4, -0.2) is 22.7 Å². The first-order valence-electron chi connectivity index (χ1n) is 6.12. The number of phenols is 1. The number of nitrogens with one attached hydrogen (secondary N) is 1. The van der Waals surface area contributed by atoms with Gasteiger partial charge in [-0.1, -0.05) is 19.1 Å². The second kappa shape index (κ2) is 5.76. The Hall–Kier alpha value is -1.71. The van der Waals surface area contributed by atoms with Gasteiger partial charge in [-0.05, 0) is 39.3 Å². The van der Waals surface area contributed by atoms with E-state index in [0.717, 1.165) is 6.42 Å². The summed E-state index contributed by atoms with van der Waals surface area (Å²) in [6.07, 6.45) is 0.186. The number of hydrogen-bond donors (Lipinski definition) is 2. The second-order valence-electron chi connectivity index (χ2n) is 4.95. The van der Waals surface area contributed by atoms with Crippen molar-refractivity contribution in [3.05, 3.63) is 24.3 Å². The lowest BCUT2D eigenvalue weighted by atomic mass is 10.0. The number of para-hydroxylation sites is 2. The molecule has 1 amide bonds. The molecule has 0 saturated carbocycles. The van der Waals surface area contributed by atoms with Crippen LogP contribution in [0.2, 0.25) is 0 Å². The number of benzene rings is 1. The van der Waals surface area contributed by atoms with Crippen LogP contribution in [0.4, 0.5) is 0 Å². The third-order valence-electron chi connectivity index (χ3n) is 2.88. The molecule has 1 aromatic carbocycles. The number of carbonyl (C=O) groups excluding carboxylic acids is 1. The predicted molar refractivity (Wildman–Crippen MR) is 70.7 cm³/mol. The Morgan fingerprint density at radius 2 is 2.06 bits per heavy atom. The van der Waals surface area contributed by atoms with Crippen LogP contribution in [0.1, 0.15) is 34.1 Å². The second-order valence-corrected chi connectivity index (χ2v) is 4.95. The van der Waals surface area contributed by atoms with Crippen molar-refractivity contribution in [1.82, 2.24) is 5.32 Å². The van der Waals surface area contributed by atoms with Crippen molar-refractivity contribution in [3.63, 3.8) is 0 Å². The van der Waals surface area contributed by atoms with Gasteiger partial charge in [0.1, 0.15) is 0 Å². The third kappa shape index (κ3) is 3.95. The average molecular weight is 251 g/mol. The number of aromatic hydroxyl groups is 1. The molecule has 0 aromatic heterocycles. The molecular weight excluding hydrogens is 230 g/mol. The molecule has 1 atom stereocenters. The number of phenolic OH excluding ortho intramolecular Hbond substituents is 1. The Bertz CT molecular complexity index is 415. The zero-order valence-electron chi connectivity index (χ0n) is 11.4. The maximum absolute atomic E-state index is 11.9. The minimum absolute atomic E-state index is 0.0342. The molecular formula is C14H21NO3. The van der Waals surface area contributed by atoms with Gasteiger partial charge in [-0.3, -0.25) is 4.79 Å². The molecule has 100 valence electrons. The van der Waals surface area contributed by atoms with Crippen LogP contribution >= 0.6 is 0 Å². The lowest BCUT2D eigenvalue weighted by molar-refractivity contribution is -0.129. The Labute approximate surface area is 108 Å². The number of carbonyl (C=O) groups is 1. The van der Waals surface area contributed by atoms with Crippen LogP contribution < -0.4 is 10.1 Å². The summed E-state index contributed by atoms with van der Waals surface area (Å²) in [4.78, 5) is 11.9. The Kier molecular flexibility index (Phi) is 4.59. The zero-order chi connectivity index (χ0) is 13.8. The van der Waals surface area contributed by atoms with E-state index >= 15 is 0 Å². The van der Waals surface area contributed by atoms with E-state index in [4.69, 9.17) is 4.74 Å². The molecule has 0 heterocycles. The molecule has 1 unspecified atom stereocenters. The minimum atomic E-state index is -0.649. The highest BCUT2D eigenvalue weighted by atomic mass is 16.5. The van der Waals surface area contributed by atoms with E-state index in [1.54, 1.807) is 25.1 Å². The molecule has 1 aromatic rings. The van der Waals surface area contributed by atoms with Crippen molar-refractivity contribution in [2.45, 2.75) is 45.8 Å². The molecule has 0 aliphatic heterocycles. The fourth-order valence-electron chi connectivity index (χ4n) is 1.32. The van der Waals surface area contributed by atoms with E-state index in [1.165, 1.54) is 6.07 Å². The highest BCUT2D eigenvalue weighted by Crippen LogP contribution is 2.25. The van der Waals surface area contributed by atoms with Crippen LogP contribution in [0.3, 0.4) is 0 Å². The predicted octanol–water partition coefficient (Wildman–Crippen LogP) is 2.46. The van der Waals surface area contributed by atoms with Crippen LogP contribution in [-0.2, 0) is 4.79 Å². The van der Waals surface area contributed by atoms with Gasteiger partial charge < -0.3 is 15.2 Å². The fourth-order valence-corrected chi connectivity index (χ4v) is 1.32. The molecule has 0 spiro atoms. The van der Waals surface area contributed by atoms with Crippen LogP contribution in [0.5, 0.6) is 11.5 Å². The van der Waals surface area contributed by atoms with E-state index < -0.39 is 6.10 Å². The van der Waals surface area contributed by atoms with Crippen molar-refractivity contribution in [2.75, 3.05) is 0 Å². The van der Waals surface area contributed by atoms with Gasteiger partial charge in [0.15, 0.2) is 17.6 Å². The summed E-state index contributed by atoms with van der Waals surface area (Å²) >= 11 is 0. The van der Waals surface area contributed by atoms with E-state index in [1.807, 2.05) is 20.8 Å². The molecule has 0 aliphatic carbocycles. The van der Waals surface area contributed by atoms with Crippen molar-refractivity contribution < 1.29 is 14.6 Å². The summed E-state index contributed by atoms with van der Waals surface area (Å²) in [5.41, 5.74) is -0.257. The van der Waals surface area contributed by atoms with Gasteiger partial charge in [0.2, 0.25) is 0 Å². The molecule has 0 aliphatic rings. The molecule has 4 nitrogen and oxygen atoms in total. The van der Waals surface area contributed by atoms with E-state index in [0.29, 0.717) is 5.75 Å². The van der Waals surface area contributed by atoms with E-state index in [9.17, 15) is 9.90 Å². The standard InChI is InChI=1S/C14H21NO3/c1-5-14(3,4)15-13(17)10(2)18-12-9-7-6-8-11(12)16/h6-10,16H,5H2,1-4H3,(H,15,17). The fraction of sp³-hybridized carbons (Fsp3) is 0.500. The number of rotatable bonds is 5. The maximum atomic E-state index is 11.9. The third-order valence-corrected chi connectivity index (χ3v) is 2.88. The van der Waals surface area contributed by atoms with Gasteiger partial charge >= 0.3 is 0 Å². The Balaban J connectivity index is 2.63. The van der Waals surface area contributed by atoms with Gasteiger partial charge in [-0.25, -0.2) is 0 Å². The van der Waals surface area contributed by atoms with Crippen LogP contribution in [0.15, 0.2) is 24.3 Å². The van der Waals surface area contributed by atoms with Crippen LogP contribution in [0.25, 0.3) is 0 Å². The average Bonchev–Trinajstić information content (AvgIpc) is 2.31. The Morgan fingerprint density at radius 1 is 1.44 bits per heavy atom. The van der Waals surface area contributed by atoms with Gasteiger partial charge in [-0.2, -0.15) is 0 Å². The smallest absolute Gasteiger partial charge is 0.261 e. The van der Waals surface area contributed by atoms with Gasteiger partial charge in [-0.15, -0.1) is 0 Å². The van der Waals surface area contributed by atoms with E-state index in [-0.39, 0.29) is 17.2 Å². The topological polar surface area (TPSA) is 58.6 Å². The summed E-state index contributed by atoms with van der Waals surface area (Å²) in [6, 6.07) is 6.60. The first kappa shape index (κ1) is 14.4. The molecule has 18 heavy (non-hydrogen) atoms. The summed E-state index contributed by atoms with van der Waals surface area (Å²) < 4.78 is 5.44. The van der Waals surface area contributed by atoms with Crippen molar-refractivity contribution in [2.24, 2.45) is 0 Å². The lowest BCUT2D eigenvalue weighted by Gasteiger charge is -2.26. The van der Waals surface area contributed by atoms with Gasteiger partial charge in [0.25, 0.3) is 5.91 Å². The maximum Gasteiger partial charge on any atom is 0.261 e. The molecule has 0 saturated heterocycles. The van der Waals surface area contributed by atoms with Gasteiger partial charge in [0, 0.05) is 5.54 Å². The Morgan fingerprint density at radius 3 is 2.61 bits per heavy atom. The SMILES string of the molecule is CCC(C)(C)NC(=O)C(C)Oc1ccccc1O. The number of ether oxygens (including phenoxy) is 1. The minimum Gasteiger partial charge on any atom is -0.504 e. The van der Waals surface area contributed by atoms with Crippen LogP contribution in [0, 0.1) is 0 Å². The molecule has 0 radical (unpaired) electrons.